The zero-order valence-corrected chi connectivity index (χ0v) is 15.5. The molecule has 0 aliphatic heterocycles. The molecule has 0 aliphatic carbocycles. The van der Waals surface area contributed by atoms with Crippen molar-refractivity contribution in [2.24, 2.45) is 0 Å². The van der Waals surface area contributed by atoms with E-state index in [4.69, 9.17) is 32.7 Å². The van der Waals surface area contributed by atoms with Crippen molar-refractivity contribution in [2.75, 3.05) is 17.9 Å². The van der Waals surface area contributed by atoms with Gasteiger partial charge in [0, 0.05) is 6.07 Å². The lowest BCUT2D eigenvalue weighted by Gasteiger charge is -2.14. The maximum Gasteiger partial charge on any atom is 0.263 e. The van der Waals surface area contributed by atoms with Gasteiger partial charge in [-0.1, -0.05) is 35.3 Å². The van der Waals surface area contributed by atoms with E-state index in [1.807, 2.05) is 6.92 Å². The highest BCUT2D eigenvalue weighted by Crippen LogP contribution is 2.35. The van der Waals surface area contributed by atoms with E-state index in [1.165, 1.54) is 12.1 Å². The number of hydrogen-bond donors (Lipinski definition) is 1. The molecule has 5 nitrogen and oxygen atoms in total. The van der Waals surface area contributed by atoms with Gasteiger partial charge < -0.3 is 9.47 Å². The molecule has 24 heavy (non-hydrogen) atoms. The van der Waals surface area contributed by atoms with Crippen molar-refractivity contribution >= 4 is 38.9 Å². The van der Waals surface area contributed by atoms with Gasteiger partial charge in [0.25, 0.3) is 10.0 Å². The third kappa shape index (κ3) is 4.26. The minimum Gasteiger partial charge on any atom is -0.492 e. The van der Waals surface area contributed by atoms with Gasteiger partial charge in [-0.05, 0) is 32.0 Å². The summed E-state index contributed by atoms with van der Waals surface area (Å²) in [5.74, 6) is 0.759. The largest absolute Gasteiger partial charge is 0.492 e. The van der Waals surface area contributed by atoms with Gasteiger partial charge in [-0.3, -0.25) is 4.72 Å². The van der Waals surface area contributed by atoms with Crippen LogP contribution in [0, 0.1) is 0 Å². The van der Waals surface area contributed by atoms with E-state index in [0.29, 0.717) is 30.4 Å². The third-order valence-corrected chi connectivity index (χ3v) is 5.13. The van der Waals surface area contributed by atoms with Crippen LogP contribution in [-0.4, -0.2) is 21.6 Å². The van der Waals surface area contributed by atoms with Crippen molar-refractivity contribution in [1.82, 2.24) is 0 Å². The SMILES string of the molecule is CCOc1cc(Cl)c(S(=O)(=O)Nc2ccccc2OCC)cc1Cl. The molecule has 0 saturated carbocycles. The molecule has 0 bridgehead atoms. The van der Waals surface area contributed by atoms with Gasteiger partial charge in [-0.25, -0.2) is 8.42 Å². The molecule has 0 aliphatic rings. The van der Waals surface area contributed by atoms with Gasteiger partial charge in [0.05, 0.1) is 28.9 Å². The number of sulfonamides is 1. The fourth-order valence-electron chi connectivity index (χ4n) is 2.01. The standard InChI is InChI=1S/C16H17Cl2NO4S/c1-3-22-14-8-6-5-7-13(14)19-24(20,21)16-10-11(17)15(23-4-2)9-12(16)18/h5-10,19H,3-4H2,1-2H3. The highest BCUT2D eigenvalue weighted by molar-refractivity contribution is 7.92. The molecule has 0 saturated heterocycles. The molecular weight excluding hydrogens is 373 g/mol. The second kappa shape index (κ2) is 7.96. The Morgan fingerprint density at radius 3 is 2.25 bits per heavy atom. The molecule has 2 aromatic rings. The van der Waals surface area contributed by atoms with Crippen LogP contribution in [0.1, 0.15) is 13.8 Å². The molecule has 0 atom stereocenters. The first-order valence-corrected chi connectivity index (χ1v) is 9.49. The zero-order valence-electron chi connectivity index (χ0n) is 13.2. The van der Waals surface area contributed by atoms with Gasteiger partial charge in [-0.15, -0.1) is 0 Å². The van der Waals surface area contributed by atoms with E-state index in [0.717, 1.165) is 0 Å². The van der Waals surface area contributed by atoms with Crippen molar-refractivity contribution in [2.45, 2.75) is 18.7 Å². The van der Waals surface area contributed by atoms with Crippen molar-refractivity contribution in [3.63, 3.8) is 0 Å². The Hall–Kier alpha value is -1.63. The average molecular weight is 390 g/mol. The van der Waals surface area contributed by atoms with E-state index < -0.39 is 10.0 Å². The second-order valence-corrected chi connectivity index (χ2v) is 7.15. The monoisotopic (exact) mass is 389 g/mol. The topological polar surface area (TPSA) is 64.6 Å². The maximum absolute atomic E-state index is 12.6. The fraction of sp³-hybridized carbons (Fsp3) is 0.250. The number of halogens is 2. The Labute approximate surface area is 151 Å². The van der Waals surface area contributed by atoms with Crippen molar-refractivity contribution < 1.29 is 17.9 Å². The zero-order chi connectivity index (χ0) is 17.7. The summed E-state index contributed by atoms with van der Waals surface area (Å²) in [5.41, 5.74) is 0.320. The van der Waals surface area contributed by atoms with Crippen LogP contribution in [0.15, 0.2) is 41.3 Å². The number of rotatable bonds is 7. The van der Waals surface area contributed by atoms with Crippen LogP contribution >= 0.6 is 23.2 Å². The van der Waals surface area contributed by atoms with Crippen LogP contribution in [0.3, 0.4) is 0 Å². The second-order valence-electron chi connectivity index (χ2n) is 4.68. The fourth-order valence-corrected chi connectivity index (χ4v) is 3.91. The predicted molar refractivity (Wildman–Crippen MR) is 96.1 cm³/mol. The summed E-state index contributed by atoms with van der Waals surface area (Å²) in [6.45, 7) is 4.41. The molecule has 8 heteroatoms. The molecular formula is C16H17Cl2NO4S. The van der Waals surface area contributed by atoms with Gasteiger partial charge in [-0.2, -0.15) is 0 Å². The first-order valence-electron chi connectivity index (χ1n) is 7.25. The first-order chi connectivity index (χ1) is 11.4. The summed E-state index contributed by atoms with van der Waals surface area (Å²) in [6.07, 6.45) is 0. The summed E-state index contributed by atoms with van der Waals surface area (Å²) in [4.78, 5) is -0.135. The molecule has 0 aromatic heterocycles. The summed E-state index contributed by atoms with van der Waals surface area (Å²) >= 11 is 12.2. The smallest absolute Gasteiger partial charge is 0.263 e. The normalized spacial score (nSPS) is 11.2. The van der Waals surface area contributed by atoms with Crippen LogP contribution in [0.2, 0.25) is 10.0 Å². The first kappa shape index (κ1) is 18.7. The molecule has 1 N–H and O–H groups in total. The molecule has 2 rings (SSSR count). The summed E-state index contributed by atoms with van der Waals surface area (Å²) in [5, 5.41) is 0.184. The Balaban J connectivity index is 2.40. The number of para-hydroxylation sites is 2. The number of ether oxygens (including phenoxy) is 2. The summed E-state index contributed by atoms with van der Waals surface area (Å²) in [6, 6.07) is 9.38. The van der Waals surface area contributed by atoms with Crippen LogP contribution < -0.4 is 14.2 Å². The maximum atomic E-state index is 12.6. The molecule has 0 radical (unpaired) electrons. The molecule has 0 unspecified atom stereocenters. The van der Waals surface area contributed by atoms with Gasteiger partial charge >= 0.3 is 0 Å². The van der Waals surface area contributed by atoms with Crippen LogP contribution in [0.25, 0.3) is 0 Å². The number of hydrogen-bond acceptors (Lipinski definition) is 4. The molecule has 130 valence electrons. The van der Waals surface area contributed by atoms with Crippen molar-refractivity contribution in [1.29, 1.82) is 0 Å². The van der Waals surface area contributed by atoms with Crippen LogP contribution in [-0.2, 0) is 10.0 Å². The van der Waals surface area contributed by atoms with E-state index in [2.05, 4.69) is 4.72 Å². The number of anilines is 1. The van der Waals surface area contributed by atoms with Gasteiger partial charge in [0.15, 0.2) is 0 Å². The Morgan fingerprint density at radius 2 is 1.58 bits per heavy atom. The van der Waals surface area contributed by atoms with Gasteiger partial charge in [0.1, 0.15) is 16.4 Å². The van der Waals surface area contributed by atoms with Gasteiger partial charge in [0.2, 0.25) is 0 Å². The minimum absolute atomic E-state index is 0.0178. The van der Waals surface area contributed by atoms with Crippen molar-refractivity contribution in [3.8, 4) is 11.5 Å². The van der Waals surface area contributed by atoms with E-state index >= 15 is 0 Å². The molecule has 0 spiro atoms. The Kier molecular flexibility index (Phi) is 6.21. The quantitative estimate of drug-likeness (QED) is 0.751. The third-order valence-electron chi connectivity index (χ3n) is 3.01. The number of nitrogens with one attached hydrogen (secondary N) is 1. The predicted octanol–water partition coefficient (Wildman–Crippen LogP) is 4.59. The lowest BCUT2D eigenvalue weighted by molar-refractivity contribution is 0.340. The van der Waals surface area contributed by atoms with E-state index in [-0.39, 0.29) is 14.9 Å². The van der Waals surface area contributed by atoms with Crippen LogP contribution in [0.5, 0.6) is 11.5 Å². The lowest BCUT2D eigenvalue weighted by Crippen LogP contribution is -2.14. The molecule has 0 heterocycles. The van der Waals surface area contributed by atoms with Crippen LogP contribution in [0.4, 0.5) is 5.69 Å². The Bertz CT molecular complexity index is 825. The van der Waals surface area contributed by atoms with E-state index in [9.17, 15) is 8.42 Å². The summed E-state index contributed by atoms with van der Waals surface area (Å²) in [7, 11) is -3.94. The van der Waals surface area contributed by atoms with E-state index in [1.54, 1.807) is 31.2 Å². The molecule has 2 aromatic carbocycles. The highest BCUT2D eigenvalue weighted by Gasteiger charge is 2.22. The number of benzene rings is 2. The lowest BCUT2D eigenvalue weighted by atomic mass is 10.3. The Morgan fingerprint density at radius 1 is 0.958 bits per heavy atom. The molecule has 0 amide bonds. The van der Waals surface area contributed by atoms with Crippen molar-refractivity contribution in [3.05, 3.63) is 46.4 Å². The highest BCUT2D eigenvalue weighted by atomic mass is 35.5. The minimum atomic E-state index is -3.94. The summed E-state index contributed by atoms with van der Waals surface area (Å²) < 4.78 is 38.5. The molecule has 0 fully saturated rings. The average Bonchev–Trinajstić information content (AvgIpc) is 2.52.